The maximum Gasteiger partial charge on any atom is 0.238 e. The normalized spacial score (nSPS) is 10.5. The predicted octanol–water partition coefficient (Wildman–Crippen LogP) is 0.177. The second-order valence-electron chi connectivity index (χ2n) is 5.08. The van der Waals surface area contributed by atoms with Crippen molar-refractivity contribution in [3.8, 4) is 0 Å². The molecule has 0 saturated heterocycles. The van der Waals surface area contributed by atoms with E-state index in [2.05, 4.69) is 10.7 Å². The van der Waals surface area contributed by atoms with Crippen molar-refractivity contribution in [1.82, 2.24) is 15.6 Å². The van der Waals surface area contributed by atoms with Crippen LogP contribution in [0.3, 0.4) is 0 Å². The van der Waals surface area contributed by atoms with Crippen LogP contribution in [0, 0.1) is 0 Å². The van der Waals surface area contributed by atoms with Gasteiger partial charge in [-0.05, 0) is 24.6 Å². The van der Waals surface area contributed by atoms with Gasteiger partial charge < -0.3 is 5.32 Å². The molecule has 0 aromatic heterocycles. The Morgan fingerprint density at radius 1 is 1.14 bits per heavy atom. The smallest absolute Gasteiger partial charge is 0.238 e. The lowest BCUT2D eigenvalue weighted by atomic mass is 10.1. The number of nitrogens with two attached hydrogens (primary N) is 1. The van der Waals surface area contributed by atoms with Gasteiger partial charge in [0.1, 0.15) is 0 Å². The minimum absolute atomic E-state index is 0.0376. The summed E-state index contributed by atoms with van der Waals surface area (Å²) < 4.78 is 0. The Kier molecular flexibility index (Phi) is 7.42. The summed E-state index contributed by atoms with van der Waals surface area (Å²) in [6, 6.07) is 7.71. The molecule has 21 heavy (non-hydrogen) atoms. The quantitative estimate of drug-likeness (QED) is 0.362. The Morgan fingerprint density at radius 2 is 1.76 bits per heavy atom. The summed E-state index contributed by atoms with van der Waals surface area (Å²) in [5.74, 6) is 4.87. The SMILES string of the molecule is CCCNC(=O)CN(C)Cc1ccc(CC(=O)NN)cc1. The van der Waals surface area contributed by atoms with E-state index in [4.69, 9.17) is 5.84 Å². The molecule has 2 amide bonds. The number of hydrazine groups is 1. The van der Waals surface area contributed by atoms with Crippen molar-refractivity contribution in [2.24, 2.45) is 5.84 Å². The third-order valence-electron chi connectivity index (χ3n) is 2.99. The molecule has 1 rings (SSSR count). The fourth-order valence-electron chi connectivity index (χ4n) is 1.93. The van der Waals surface area contributed by atoms with Crippen LogP contribution in [0.5, 0.6) is 0 Å². The molecule has 1 aromatic carbocycles. The number of nitrogens with zero attached hydrogens (tertiary/aromatic N) is 1. The number of nitrogens with one attached hydrogen (secondary N) is 2. The maximum absolute atomic E-state index is 11.6. The first-order chi connectivity index (χ1) is 10.0. The summed E-state index contributed by atoms with van der Waals surface area (Å²) in [6.45, 7) is 3.79. The van der Waals surface area contributed by atoms with Gasteiger partial charge in [-0.2, -0.15) is 0 Å². The highest BCUT2D eigenvalue weighted by Gasteiger charge is 2.07. The zero-order valence-electron chi connectivity index (χ0n) is 12.7. The van der Waals surface area contributed by atoms with Gasteiger partial charge in [-0.15, -0.1) is 0 Å². The molecule has 0 fully saturated rings. The molecule has 0 aliphatic heterocycles. The van der Waals surface area contributed by atoms with Crippen LogP contribution >= 0.6 is 0 Å². The minimum Gasteiger partial charge on any atom is -0.355 e. The molecule has 6 heteroatoms. The van der Waals surface area contributed by atoms with Crippen LogP contribution in [0.15, 0.2) is 24.3 Å². The molecule has 4 N–H and O–H groups in total. The van der Waals surface area contributed by atoms with Crippen molar-refractivity contribution in [2.75, 3.05) is 20.1 Å². The van der Waals surface area contributed by atoms with E-state index in [9.17, 15) is 9.59 Å². The Morgan fingerprint density at radius 3 is 2.33 bits per heavy atom. The number of amides is 2. The highest BCUT2D eigenvalue weighted by molar-refractivity contribution is 5.78. The van der Waals surface area contributed by atoms with Crippen LogP contribution in [0.2, 0.25) is 0 Å². The summed E-state index contributed by atoms with van der Waals surface area (Å²) in [6.07, 6.45) is 1.21. The standard InChI is InChI=1S/C15H24N4O2/c1-3-8-17-15(21)11-19(2)10-13-6-4-12(5-7-13)9-14(20)18-16/h4-7H,3,8-11,16H2,1-2H3,(H,17,21)(H,18,20). The van der Waals surface area contributed by atoms with Gasteiger partial charge in [0.15, 0.2) is 0 Å². The summed E-state index contributed by atoms with van der Waals surface area (Å²) in [7, 11) is 1.90. The molecule has 1 aromatic rings. The van der Waals surface area contributed by atoms with Gasteiger partial charge >= 0.3 is 0 Å². The molecular weight excluding hydrogens is 268 g/mol. The summed E-state index contributed by atoms with van der Waals surface area (Å²) in [5.41, 5.74) is 4.11. The minimum atomic E-state index is -0.215. The molecule has 0 saturated carbocycles. The van der Waals surface area contributed by atoms with Crippen LogP contribution in [0.1, 0.15) is 24.5 Å². The third-order valence-corrected chi connectivity index (χ3v) is 2.99. The number of carbonyl (C=O) groups is 2. The number of benzene rings is 1. The molecule has 0 aliphatic carbocycles. The predicted molar refractivity (Wildman–Crippen MR) is 82.1 cm³/mol. The van der Waals surface area contributed by atoms with E-state index in [-0.39, 0.29) is 18.2 Å². The summed E-state index contributed by atoms with van der Waals surface area (Å²) in [5, 5.41) is 2.85. The number of hydrogen-bond donors (Lipinski definition) is 3. The highest BCUT2D eigenvalue weighted by atomic mass is 16.2. The largest absolute Gasteiger partial charge is 0.355 e. The van der Waals surface area contributed by atoms with E-state index in [0.717, 1.165) is 17.5 Å². The van der Waals surface area contributed by atoms with E-state index >= 15 is 0 Å². The summed E-state index contributed by atoms with van der Waals surface area (Å²) >= 11 is 0. The monoisotopic (exact) mass is 292 g/mol. The van der Waals surface area contributed by atoms with Gasteiger partial charge in [0.2, 0.25) is 11.8 Å². The van der Waals surface area contributed by atoms with E-state index in [0.29, 0.717) is 19.6 Å². The van der Waals surface area contributed by atoms with Gasteiger partial charge in [0, 0.05) is 13.1 Å². The second-order valence-corrected chi connectivity index (χ2v) is 5.08. The van der Waals surface area contributed by atoms with E-state index < -0.39 is 0 Å². The topological polar surface area (TPSA) is 87.5 Å². The number of carbonyl (C=O) groups excluding carboxylic acids is 2. The van der Waals surface area contributed by atoms with Gasteiger partial charge in [-0.1, -0.05) is 31.2 Å². The second kappa shape index (κ2) is 9.10. The third kappa shape index (κ3) is 6.87. The molecule has 6 nitrogen and oxygen atoms in total. The van der Waals surface area contributed by atoms with Crippen molar-refractivity contribution in [3.05, 3.63) is 35.4 Å². The average Bonchev–Trinajstić information content (AvgIpc) is 2.46. The molecule has 0 unspecified atom stereocenters. The molecular formula is C15H24N4O2. The molecule has 116 valence electrons. The van der Waals surface area contributed by atoms with Gasteiger partial charge in [-0.3, -0.25) is 19.9 Å². The lowest BCUT2D eigenvalue weighted by Gasteiger charge is -2.16. The zero-order valence-corrected chi connectivity index (χ0v) is 12.7. The van der Waals surface area contributed by atoms with Crippen molar-refractivity contribution in [3.63, 3.8) is 0 Å². The maximum atomic E-state index is 11.6. The number of likely N-dealkylation sites (N-methyl/N-ethyl adjacent to an activating group) is 1. The zero-order chi connectivity index (χ0) is 15.7. The Balaban J connectivity index is 2.44. The number of rotatable bonds is 8. The molecule has 0 radical (unpaired) electrons. The molecule has 0 atom stereocenters. The van der Waals surface area contributed by atoms with Gasteiger partial charge in [0.05, 0.1) is 13.0 Å². The van der Waals surface area contributed by atoms with Crippen molar-refractivity contribution >= 4 is 11.8 Å². The van der Waals surface area contributed by atoms with Crippen LogP contribution < -0.4 is 16.6 Å². The average molecular weight is 292 g/mol. The van der Waals surface area contributed by atoms with Crippen molar-refractivity contribution < 1.29 is 9.59 Å². The van der Waals surface area contributed by atoms with Crippen LogP contribution in [0.4, 0.5) is 0 Å². The lowest BCUT2D eigenvalue weighted by Crippen LogP contribution is -2.35. The first kappa shape index (κ1) is 17.1. The first-order valence-electron chi connectivity index (χ1n) is 7.07. The van der Waals surface area contributed by atoms with E-state index in [1.54, 1.807) is 0 Å². The summed E-state index contributed by atoms with van der Waals surface area (Å²) in [4.78, 5) is 24.7. The van der Waals surface area contributed by atoms with E-state index in [1.165, 1.54) is 0 Å². The van der Waals surface area contributed by atoms with Crippen LogP contribution in [-0.4, -0.2) is 36.9 Å². The van der Waals surface area contributed by atoms with Crippen LogP contribution in [0.25, 0.3) is 0 Å². The Bertz CT molecular complexity index is 459. The fourth-order valence-corrected chi connectivity index (χ4v) is 1.93. The Hall–Kier alpha value is -1.92. The highest BCUT2D eigenvalue weighted by Crippen LogP contribution is 2.07. The first-order valence-corrected chi connectivity index (χ1v) is 7.07. The molecule has 0 aliphatic rings. The van der Waals surface area contributed by atoms with Crippen LogP contribution in [-0.2, 0) is 22.6 Å². The van der Waals surface area contributed by atoms with Gasteiger partial charge in [-0.25, -0.2) is 5.84 Å². The lowest BCUT2D eigenvalue weighted by molar-refractivity contribution is -0.122. The van der Waals surface area contributed by atoms with Crippen molar-refractivity contribution in [1.29, 1.82) is 0 Å². The Labute approximate surface area is 125 Å². The van der Waals surface area contributed by atoms with Gasteiger partial charge in [0.25, 0.3) is 0 Å². The molecule has 0 spiro atoms. The van der Waals surface area contributed by atoms with Crippen molar-refractivity contribution in [2.45, 2.75) is 26.3 Å². The molecule has 0 bridgehead atoms. The molecule has 0 heterocycles. The fraction of sp³-hybridized carbons (Fsp3) is 0.467. The van der Waals surface area contributed by atoms with E-state index in [1.807, 2.05) is 43.1 Å². The number of hydrogen-bond acceptors (Lipinski definition) is 4.